The third-order valence-electron chi connectivity index (χ3n) is 4.22. The van der Waals surface area contributed by atoms with Crippen LogP contribution in [-0.4, -0.2) is 23.1 Å². The molecule has 1 fully saturated rings. The maximum absolute atomic E-state index is 12.7. The fourth-order valence-corrected chi connectivity index (χ4v) is 4.08. The van der Waals surface area contributed by atoms with E-state index in [1.54, 1.807) is 0 Å². The quantitative estimate of drug-likeness (QED) is 0.869. The van der Waals surface area contributed by atoms with Crippen molar-refractivity contribution in [1.29, 1.82) is 0 Å². The maximum atomic E-state index is 12.7. The van der Waals surface area contributed by atoms with Crippen molar-refractivity contribution in [3.63, 3.8) is 0 Å². The molecule has 0 radical (unpaired) electrons. The number of amides is 2. The molecule has 1 aliphatic heterocycles. The molecule has 130 valence electrons. The topological polar surface area (TPSA) is 58.2 Å². The Balaban J connectivity index is 1.66. The highest BCUT2D eigenvalue weighted by Crippen LogP contribution is 2.40. The van der Waals surface area contributed by atoms with Gasteiger partial charge in [-0.15, -0.1) is 11.8 Å². The number of fused-ring (bicyclic) bond motifs is 1. The summed E-state index contributed by atoms with van der Waals surface area (Å²) in [7, 11) is 0. The van der Waals surface area contributed by atoms with Crippen LogP contribution < -0.4 is 10.6 Å². The van der Waals surface area contributed by atoms with E-state index >= 15 is 0 Å². The van der Waals surface area contributed by atoms with E-state index in [0.717, 1.165) is 49.6 Å². The summed E-state index contributed by atoms with van der Waals surface area (Å²) in [6.45, 7) is 0. The zero-order chi connectivity index (χ0) is 17.3. The average molecular weight is 358 g/mol. The standard InChI is InChI=1S/C16H17F3N2O2S/c17-16(18,19)9-5-6-12-11(7-9)21-15(23)13(24-12)8-14(22)20-10-3-1-2-4-10/h5-7,10,13H,1-4,8H2,(H,20,22)(H,21,23). The Labute approximate surface area is 141 Å². The number of halogens is 3. The molecule has 2 aliphatic rings. The van der Waals surface area contributed by atoms with Gasteiger partial charge in [0, 0.05) is 17.4 Å². The number of benzene rings is 1. The van der Waals surface area contributed by atoms with Gasteiger partial charge in [-0.25, -0.2) is 0 Å². The fraction of sp³-hybridized carbons (Fsp3) is 0.500. The van der Waals surface area contributed by atoms with E-state index in [9.17, 15) is 22.8 Å². The van der Waals surface area contributed by atoms with Gasteiger partial charge in [0.2, 0.25) is 11.8 Å². The van der Waals surface area contributed by atoms with Crippen molar-refractivity contribution in [1.82, 2.24) is 5.32 Å². The maximum Gasteiger partial charge on any atom is 0.416 e. The lowest BCUT2D eigenvalue weighted by atomic mass is 10.1. The molecule has 1 aliphatic carbocycles. The number of carbonyl (C=O) groups excluding carboxylic acids is 2. The second-order valence-electron chi connectivity index (χ2n) is 6.06. The first-order valence-electron chi connectivity index (χ1n) is 7.81. The monoisotopic (exact) mass is 358 g/mol. The van der Waals surface area contributed by atoms with Gasteiger partial charge in [0.25, 0.3) is 0 Å². The smallest absolute Gasteiger partial charge is 0.353 e. The lowest BCUT2D eigenvalue weighted by Gasteiger charge is -2.25. The second-order valence-corrected chi connectivity index (χ2v) is 7.30. The van der Waals surface area contributed by atoms with Crippen LogP contribution in [0.2, 0.25) is 0 Å². The molecule has 2 amide bonds. The zero-order valence-electron chi connectivity index (χ0n) is 12.8. The van der Waals surface area contributed by atoms with Crippen molar-refractivity contribution in [2.45, 2.75) is 54.5 Å². The molecule has 1 atom stereocenters. The first-order chi connectivity index (χ1) is 11.3. The van der Waals surface area contributed by atoms with Crippen LogP contribution in [0.25, 0.3) is 0 Å². The Morgan fingerprint density at radius 1 is 1.29 bits per heavy atom. The molecule has 1 saturated carbocycles. The molecule has 8 heteroatoms. The molecule has 0 saturated heterocycles. The Hall–Kier alpha value is -1.70. The Bertz CT molecular complexity index is 657. The average Bonchev–Trinajstić information content (AvgIpc) is 2.99. The van der Waals surface area contributed by atoms with Crippen molar-refractivity contribution in [2.75, 3.05) is 5.32 Å². The zero-order valence-corrected chi connectivity index (χ0v) is 13.6. The molecular weight excluding hydrogens is 341 g/mol. The van der Waals surface area contributed by atoms with Crippen LogP contribution in [-0.2, 0) is 15.8 Å². The number of nitrogens with one attached hydrogen (secondary N) is 2. The summed E-state index contributed by atoms with van der Waals surface area (Å²) in [6, 6.07) is 3.42. The minimum Gasteiger partial charge on any atom is -0.353 e. The predicted octanol–water partition coefficient (Wildman–Crippen LogP) is 3.57. The highest BCUT2D eigenvalue weighted by molar-refractivity contribution is 8.01. The number of carbonyl (C=O) groups is 2. The highest BCUT2D eigenvalue weighted by Gasteiger charge is 2.34. The Morgan fingerprint density at radius 3 is 2.67 bits per heavy atom. The molecule has 0 aromatic heterocycles. The molecular formula is C16H17F3N2O2S. The number of hydrogen-bond donors (Lipinski definition) is 2. The molecule has 0 spiro atoms. The third kappa shape index (κ3) is 3.85. The predicted molar refractivity (Wildman–Crippen MR) is 84.7 cm³/mol. The molecule has 4 nitrogen and oxygen atoms in total. The normalized spacial score (nSPS) is 21.3. The van der Waals surface area contributed by atoms with Crippen LogP contribution in [0.3, 0.4) is 0 Å². The van der Waals surface area contributed by atoms with E-state index in [4.69, 9.17) is 0 Å². The Kier molecular flexibility index (Phi) is 4.76. The van der Waals surface area contributed by atoms with E-state index in [1.807, 2.05) is 0 Å². The van der Waals surface area contributed by atoms with Gasteiger partial charge in [-0.1, -0.05) is 12.8 Å². The van der Waals surface area contributed by atoms with E-state index in [1.165, 1.54) is 6.07 Å². The molecule has 1 aromatic rings. The van der Waals surface area contributed by atoms with E-state index < -0.39 is 22.9 Å². The van der Waals surface area contributed by atoms with E-state index in [2.05, 4.69) is 10.6 Å². The minimum absolute atomic E-state index is 0.0213. The van der Waals surface area contributed by atoms with Gasteiger partial charge >= 0.3 is 6.18 Å². The van der Waals surface area contributed by atoms with Crippen LogP contribution in [0, 0.1) is 0 Å². The van der Waals surface area contributed by atoms with Crippen LogP contribution >= 0.6 is 11.8 Å². The Morgan fingerprint density at radius 2 is 2.00 bits per heavy atom. The molecule has 1 aromatic carbocycles. The number of alkyl halides is 3. The summed E-state index contributed by atoms with van der Waals surface area (Å²) in [5, 5.41) is 4.77. The van der Waals surface area contributed by atoms with Gasteiger partial charge < -0.3 is 10.6 Å². The fourth-order valence-electron chi connectivity index (χ4n) is 2.99. The van der Waals surface area contributed by atoms with Gasteiger partial charge in [0.15, 0.2) is 0 Å². The van der Waals surface area contributed by atoms with Crippen molar-refractivity contribution in [2.24, 2.45) is 0 Å². The lowest BCUT2D eigenvalue weighted by Crippen LogP contribution is -2.38. The van der Waals surface area contributed by atoms with Crippen LogP contribution in [0.5, 0.6) is 0 Å². The SMILES string of the molecule is O=C(CC1Sc2ccc(C(F)(F)F)cc2NC1=O)NC1CCCC1. The van der Waals surface area contributed by atoms with Crippen molar-refractivity contribution in [3.8, 4) is 0 Å². The van der Waals surface area contributed by atoms with Crippen molar-refractivity contribution < 1.29 is 22.8 Å². The van der Waals surface area contributed by atoms with Crippen LogP contribution in [0.4, 0.5) is 18.9 Å². The summed E-state index contributed by atoms with van der Waals surface area (Å²) in [6.07, 6.45) is -0.329. The van der Waals surface area contributed by atoms with Gasteiger partial charge in [-0.05, 0) is 31.0 Å². The first-order valence-corrected chi connectivity index (χ1v) is 8.69. The molecule has 0 bridgehead atoms. The highest BCUT2D eigenvalue weighted by atomic mass is 32.2. The first kappa shape index (κ1) is 17.1. The number of thioether (sulfide) groups is 1. The number of rotatable bonds is 3. The van der Waals surface area contributed by atoms with Gasteiger partial charge in [-0.3, -0.25) is 9.59 Å². The number of hydrogen-bond acceptors (Lipinski definition) is 3. The van der Waals surface area contributed by atoms with Crippen molar-refractivity contribution >= 4 is 29.3 Å². The minimum atomic E-state index is -4.46. The molecule has 1 heterocycles. The van der Waals surface area contributed by atoms with Gasteiger partial charge in [0.05, 0.1) is 16.5 Å². The summed E-state index contributed by atoms with van der Waals surface area (Å²) < 4.78 is 38.2. The molecule has 3 rings (SSSR count). The summed E-state index contributed by atoms with van der Waals surface area (Å²) in [5.41, 5.74) is -0.660. The summed E-state index contributed by atoms with van der Waals surface area (Å²) >= 11 is 1.13. The molecule has 1 unspecified atom stereocenters. The number of anilines is 1. The third-order valence-corrected chi connectivity index (χ3v) is 5.49. The van der Waals surface area contributed by atoms with Gasteiger partial charge in [-0.2, -0.15) is 13.2 Å². The van der Waals surface area contributed by atoms with Crippen molar-refractivity contribution in [3.05, 3.63) is 23.8 Å². The van der Waals surface area contributed by atoms with Gasteiger partial charge in [0.1, 0.15) is 0 Å². The van der Waals surface area contributed by atoms with Crippen LogP contribution in [0.1, 0.15) is 37.7 Å². The summed E-state index contributed by atoms with van der Waals surface area (Å²) in [5.74, 6) is -0.627. The lowest BCUT2D eigenvalue weighted by molar-refractivity contribution is -0.137. The van der Waals surface area contributed by atoms with E-state index in [0.29, 0.717) is 4.90 Å². The largest absolute Gasteiger partial charge is 0.416 e. The molecule has 2 N–H and O–H groups in total. The molecule has 24 heavy (non-hydrogen) atoms. The van der Waals surface area contributed by atoms with Crippen LogP contribution in [0.15, 0.2) is 23.1 Å². The second kappa shape index (κ2) is 6.66. The summed E-state index contributed by atoms with van der Waals surface area (Å²) in [4.78, 5) is 24.7. The van der Waals surface area contributed by atoms with E-state index in [-0.39, 0.29) is 24.1 Å².